The monoisotopic (exact) mass is 371 g/mol. The molecule has 4 atom stereocenters. The Morgan fingerprint density at radius 2 is 1.96 bits per heavy atom. The number of hydrogen-bond donors (Lipinski definition) is 0. The zero-order valence-electron chi connectivity index (χ0n) is 16.6. The fourth-order valence-corrected chi connectivity index (χ4v) is 5.45. The number of amides is 2. The van der Waals surface area contributed by atoms with Gasteiger partial charge in [-0.3, -0.25) is 9.78 Å². The first kappa shape index (κ1) is 18.3. The minimum absolute atomic E-state index is 0.0130. The first-order valence-corrected chi connectivity index (χ1v) is 9.94. The van der Waals surface area contributed by atoms with Gasteiger partial charge in [0.2, 0.25) is 0 Å². The van der Waals surface area contributed by atoms with Gasteiger partial charge in [-0.15, -0.1) is 0 Å². The number of aromatic nitrogens is 1. The number of pyridine rings is 1. The van der Waals surface area contributed by atoms with Gasteiger partial charge in [0, 0.05) is 30.2 Å². The Morgan fingerprint density at radius 1 is 1.22 bits per heavy atom. The summed E-state index contributed by atoms with van der Waals surface area (Å²) in [5, 5.41) is 0. The third kappa shape index (κ3) is 2.99. The Kier molecular flexibility index (Phi) is 4.20. The lowest BCUT2D eigenvalue weighted by Gasteiger charge is -2.49. The summed E-state index contributed by atoms with van der Waals surface area (Å²) in [4.78, 5) is 34.4. The average Bonchev–Trinajstić information content (AvgIpc) is 2.90. The maximum absolute atomic E-state index is 13.3. The van der Waals surface area contributed by atoms with E-state index in [9.17, 15) is 9.59 Å². The smallest absolute Gasteiger partial charge is 0.410 e. The Labute approximate surface area is 160 Å². The molecule has 0 unspecified atom stereocenters. The lowest BCUT2D eigenvalue weighted by atomic mass is 9.66. The van der Waals surface area contributed by atoms with Crippen molar-refractivity contribution < 1.29 is 14.3 Å². The molecular weight excluding hydrogens is 342 g/mol. The van der Waals surface area contributed by atoms with E-state index in [0.717, 1.165) is 25.7 Å². The van der Waals surface area contributed by atoms with Crippen LogP contribution in [0.15, 0.2) is 24.4 Å². The van der Waals surface area contributed by atoms with Crippen LogP contribution in [0.5, 0.6) is 0 Å². The highest BCUT2D eigenvalue weighted by molar-refractivity contribution is 5.93. The molecule has 0 aromatic carbocycles. The normalized spacial score (nSPS) is 32.4. The van der Waals surface area contributed by atoms with E-state index in [0.29, 0.717) is 12.2 Å². The summed E-state index contributed by atoms with van der Waals surface area (Å²) in [6, 6.07) is 5.75. The fourth-order valence-electron chi connectivity index (χ4n) is 5.45. The van der Waals surface area contributed by atoms with Crippen molar-refractivity contribution in [2.45, 2.75) is 77.1 Å². The van der Waals surface area contributed by atoms with Crippen LogP contribution in [0.1, 0.15) is 63.9 Å². The quantitative estimate of drug-likeness (QED) is 0.758. The second kappa shape index (κ2) is 6.21. The topological polar surface area (TPSA) is 62.7 Å². The summed E-state index contributed by atoms with van der Waals surface area (Å²) in [6.45, 7) is 8.48. The van der Waals surface area contributed by atoms with Gasteiger partial charge in [-0.25, -0.2) is 4.79 Å². The SMILES string of the molecule is CC(C)(C)OC(=O)N1C[C@@H]2C[C@@]3(C)[C@H](CCC[C@@H]13)N2C(=O)c1ccccn1. The molecule has 146 valence electrons. The van der Waals surface area contributed by atoms with Crippen molar-refractivity contribution in [1.82, 2.24) is 14.8 Å². The first-order chi connectivity index (χ1) is 12.7. The second-order valence-electron chi connectivity index (χ2n) is 9.39. The van der Waals surface area contributed by atoms with Gasteiger partial charge >= 0.3 is 6.09 Å². The van der Waals surface area contributed by atoms with E-state index >= 15 is 0 Å². The highest BCUT2D eigenvalue weighted by Crippen LogP contribution is 2.54. The number of ether oxygens (including phenoxy) is 1. The van der Waals surface area contributed by atoms with Crippen molar-refractivity contribution >= 4 is 12.0 Å². The van der Waals surface area contributed by atoms with E-state index in [1.54, 1.807) is 12.3 Å². The van der Waals surface area contributed by atoms with E-state index < -0.39 is 5.60 Å². The first-order valence-electron chi connectivity index (χ1n) is 9.94. The third-order valence-corrected chi connectivity index (χ3v) is 6.41. The minimum atomic E-state index is -0.522. The summed E-state index contributed by atoms with van der Waals surface area (Å²) >= 11 is 0. The molecule has 1 aromatic rings. The molecule has 6 heteroatoms. The third-order valence-electron chi connectivity index (χ3n) is 6.41. The summed E-state index contributed by atoms with van der Waals surface area (Å²) in [5.74, 6) is -0.0130. The van der Waals surface area contributed by atoms with Gasteiger partial charge in [0.15, 0.2) is 0 Å². The van der Waals surface area contributed by atoms with Crippen LogP contribution in [0.4, 0.5) is 4.79 Å². The predicted octanol–water partition coefficient (Wildman–Crippen LogP) is 3.47. The molecule has 6 nitrogen and oxygen atoms in total. The van der Waals surface area contributed by atoms with Crippen molar-refractivity contribution in [3.8, 4) is 0 Å². The van der Waals surface area contributed by atoms with Gasteiger partial charge in [0.05, 0.1) is 6.04 Å². The molecule has 1 aliphatic carbocycles. The van der Waals surface area contributed by atoms with Crippen molar-refractivity contribution in [3.05, 3.63) is 30.1 Å². The predicted molar refractivity (Wildman–Crippen MR) is 101 cm³/mol. The van der Waals surface area contributed by atoms with Crippen LogP contribution in [0, 0.1) is 5.41 Å². The van der Waals surface area contributed by atoms with Crippen LogP contribution in [-0.4, -0.2) is 57.1 Å². The van der Waals surface area contributed by atoms with Crippen LogP contribution in [0.3, 0.4) is 0 Å². The Balaban J connectivity index is 1.66. The molecule has 0 N–H and O–H groups in total. The van der Waals surface area contributed by atoms with E-state index in [4.69, 9.17) is 4.74 Å². The molecule has 3 heterocycles. The Morgan fingerprint density at radius 3 is 2.63 bits per heavy atom. The number of rotatable bonds is 1. The minimum Gasteiger partial charge on any atom is -0.444 e. The number of piperidine rings is 1. The molecule has 1 saturated carbocycles. The van der Waals surface area contributed by atoms with Crippen molar-refractivity contribution in [1.29, 1.82) is 0 Å². The van der Waals surface area contributed by atoms with Crippen LogP contribution in [0.25, 0.3) is 0 Å². The van der Waals surface area contributed by atoms with E-state index in [-0.39, 0.29) is 35.5 Å². The van der Waals surface area contributed by atoms with Gasteiger partial charge in [0.25, 0.3) is 5.91 Å². The molecule has 2 aliphatic heterocycles. The van der Waals surface area contributed by atoms with E-state index in [2.05, 4.69) is 11.9 Å². The lowest BCUT2D eigenvalue weighted by Crippen LogP contribution is -2.58. The molecule has 4 rings (SSSR count). The molecule has 3 aliphatic rings. The largest absolute Gasteiger partial charge is 0.444 e. The molecule has 2 amide bonds. The van der Waals surface area contributed by atoms with Gasteiger partial charge in [-0.1, -0.05) is 13.0 Å². The van der Waals surface area contributed by atoms with Gasteiger partial charge in [-0.05, 0) is 58.6 Å². The summed E-state index contributed by atoms with van der Waals surface area (Å²) < 4.78 is 5.69. The van der Waals surface area contributed by atoms with Crippen LogP contribution >= 0.6 is 0 Å². The fraction of sp³-hybridized carbons (Fsp3) is 0.667. The second-order valence-corrected chi connectivity index (χ2v) is 9.39. The number of hydrogen-bond acceptors (Lipinski definition) is 4. The van der Waals surface area contributed by atoms with Gasteiger partial charge in [0.1, 0.15) is 11.3 Å². The molecule has 27 heavy (non-hydrogen) atoms. The molecule has 0 spiro atoms. The number of likely N-dealkylation sites (tertiary alicyclic amines) is 2. The molecule has 2 saturated heterocycles. The van der Waals surface area contributed by atoms with E-state index in [1.165, 1.54) is 0 Å². The molecular formula is C21H29N3O3. The molecule has 2 bridgehead atoms. The summed E-state index contributed by atoms with van der Waals surface area (Å²) in [5.41, 5.74) is -0.117. The van der Waals surface area contributed by atoms with Crippen LogP contribution in [0.2, 0.25) is 0 Å². The van der Waals surface area contributed by atoms with Crippen molar-refractivity contribution in [2.75, 3.05) is 6.54 Å². The maximum Gasteiger partial charge on any atom is 0.410 e. The number of carbonyl (C=O) groups excluding carboxylic acids is 2. The number of fused-ring (bicyclic) bond motifs is 1. The van der Waals surface area contributed by atoms with Crippen LogP contribution in [-0.2, 0) is 4.74 Å². The molecule has 0 radical (unpaired) electrons. The van der Waals surface area contributed by atoms with Crippen molar-refractivity contribution in [3.63, 3.8) is 0 Å². The van der Waals surface area contributed by atoms with E-state index in [1.807, 2.05) is 42.7 Å². The Bertz CT molecular complexity index is 745. The van der Waals surface area contributed by atoms with Crippen LogP contribution < -0.4 is 0 Å². The zero-order chi connectivity index (χ0) is 19.4. The van der Waals surface area contributed by atoms with Gasteiger partial charge in [-0.2, -0.15) is 0 Å². The summed E-state index contributed by atoms with van der Waals surface area (Å²) in [7, 11) is 0. The number of nitrogens with zero attached hydrogens (tertiary/aromatic N) is 3. The number of carbonyl (C=O) groups is 2. The standard InChI is InChI=1S/C21H29N3O3/c1-20(2,3)27-19(26)23-13-14-12-21(4)16(23)9-7-10-17(21)24(14)18(25)15-8-5-6-11-22-15/h5-6,8,11,14,16-17H,7,9-10,12-13H2,1-4H3/t14-,16+,17-,21+/m0/s1. The Hall–Kier alpha value is -2.11. The highest BCUT2D eigenvalue weighted by Gasteiger charge is 2.62. The summed E-state index contributed by atoms with van der Waals surface area (Å²) in [6.07, 6.45) is 5.34. The maximum atomic E-state index is 13.3. The zero-order valence-corrected chi connectivity index (χ0v) is 16.6. The molecule has 3 fully saturated rings. The molecule has 1 aromatic heterocycles. The average molecular weight is 371 g/mol. The van der Waals surface area contributed by atoms with Crippen molar-refractivity contribution in [2.24, 2.45) is 5.41 Å². The van der Waals surface area contributed by atoms with Gasteiger partial charge < -0.3 is 14.5 Å². The highest BCUT2D eigenvalue weighted by atomic mass is 16.6. The lowest BCUT2D eigenvalue weighted by molar-refractivity contribution is -0.0247.